The van der Waals surface area contributed by atoms with Crippen LogP contribution in [0.25, 0.3) is 23.5 Å². The molecule has 174 valence electrons. The minimum absolute atomic E-state index is 0.292. The van der Waals surface area contributed by atoms with Crippen molar-refractivity contribution >= 4 is 12.2 Å². The Balaban J connectivity index is 1.38. The summed E-state index contributed by atoms with van der Waals surface area (Å²) in [6.45, 7) is 7.36. The zero-order valence-electron chi connectivity index (χ0n) is 20.2. The number of nitrogens with one attached hydrogen (secondary N) is 1. The van der Waals surface area contributed by atoms with Crippen molar-refractivity contribution in [2.24, 2.45) is 0 Å². The van der Waals surface area contributed by atoms with Gasteiger partial charge in [0, 0.05) is 24.4 Å². The van der Waals surface area contributed by atoms with E-state index in [4.69, 9.17) is 14.8 Å². The molecule has 6 heteroatoms. The first-order valence-electron chi connectivity index (χ1n) is 11.9. The summed E-state index contributed by atoms with van der Waals surface area (Å²) in [7, 11) is 1.68. The Bertz CT molecular complexity index is 1310. The molecular weight excluding hydrogens is 422 g/mol. The number of methoxy groups -OCH3 is 1. The van der Waals surface area contributed by atoms with Crippen molar-refractivity contribution in [1.82, 2.24) is 24.7 Å². The number of ether oxygens (including phenoxy) is 1. The highest BCUT2D eigenvalue weighted by Crippen LogP contribution is 2.33. The minimum atomic E-state index is 0.292. The van der Waals surface area contributed by atoms with Gasteiger partial charge in [0.1, 0.15) is 17.4 Å². The third-order valence-corrected chi connectivity index (χ3v) is 6.51. The number of hydrogen-bond donors (Lipinski definition) is 1. The largest absolute Gasteiger partial charge is 0.496 e. The molecule has 5 rings (SSSR count). The molecule has 1 N–H and O–H groups in total. The predicted molar refractivity (Wildman–Crippen MR) is 136 cm³/mol. The van der Waals surface area contributed by atoms with Gasteiger partial charge in [0.25, 0.3) is 0 Å². The van der Waals surface area contributed by atoms with E-state index in [0.717, 1.165) is 59.4 Å². The van der Waals surface area contributed by atoms with E-state index in [0.29, 0.717) is 11.8 Å². The topological polar surface area (TPSA) is 68.6 Å². The van der Waals surface area contributed by atoms with Gasteiger partial charge in [0.15, 0.2) is 5.82 Å². The van der Waals surface area contributed by atoms with Crippen molar-refractivity contribution in [2.75, 3.05) is 7.11 Å². The van der Waals surface area contributed by atoms with E-state index in [9.17, 15) is 0 Å². The van der Waals surface area contributed by atoms with E-state index in [1.165, 1.54) is 11.1 Å². The van der Waals surface area contributed by atoms with Crippen molar-refractivity contribution in [1.29, 1.82) is 0 Å². The molecule has 0 amide bonds. The SMILES string of the molecule is COc1cc(C=Cc2nc3n(n2)CCCC3c2ccc(C(C)C)cc2)ccc1-c1ncc(C)[nH]1. The molecule has 0 aliphatic carbocycles. The molecule has 4 aromatic rings. The van der Waals surface area contributed by atoms with Gasteiger partial charge in [-0.15, -0.1) is 0 Å². The second-order valence-corrected chi connectivity index (χ2v) is 9.28. The van der Waals surface area contributed by atoms with Crippen molar-refractivity contribution in [3.63, 3.8) is 0 Å². The van der Waals surface area contributed by atoms with Crippen LogP contribution in [-0.4, -0.2) is 31.8 Å². The Kier molecular flexibility index (Phi) is 6.05. The zero-order chi connectivity index (χ0) is 23.7. The van der Waals surface area contributed by atoms with Crippen LogP contribution in [0.1, 0.15) is 72.6 Å². The first-order chi connectivity index (χ1) is 16.5. The van der Waals surface area contributed by atoms with E-state index in [-0.39, 0.29) is 0 Å². The molecular formula is C28H31N5O. The Morgan fingerprint density at radius 3 is 2.65 bits per heavy atom. The van der Waals surface area contributed by atoms with Crippen molar-refractivity contribution in [3.05, 3.63) is 82.7 Å². The molecule has 3 heterocycles. The molecule has 0 fully saturated rings. The molecule has 0 bridgehead atoms. The molecule has 0 radical (unpaired) electrons. The fourth-order valence-corrected chi connectivity index (χ4v) is 4.60. The maximum Gasteiger partial charge on any atom is 0.174 e. The van der Waals surface area contributed by atoms with Gasteiger partial charge in [0.2, 0.25) is 0 Å². The van der Waals surface area contributed by atoms with Gasteiger partial charge in [-0.2, -0.15) is 5.10 Å². The standard InChI is InChI=1S/C28H31N5O/c1-18(2)21-9-11-22(12-10-21)23-6-5-15-33-28(23)31-26(32-33)14-8-20-7-13-24(25(16-20)34-4)27-29-17-19(3)30-27/h7-14,16-18,23H,5-6,15H2,1-4H3,(H,29,30). The van der Waals surface area contributed by atoms with Gasteiger partial charge in [-0.1, -0.05) is 50.3 Å². The number of fused-ring (bicyclic) bond motifs is 1. The molecule has 1 unspecified atom stereocenters. The average molecular weight is 454 g/mol. The third-order valence-electron chi connectivity index (χ3n) is 6.51. The Hall–Kier alpha value is -3.67. The lowest BCUT2D eigenvalue weighted by Crippen LogP contribution is -2.18. The van der Waals surface area contributed by atoms with Crippen LogP contribution in [0.5, 0.6) is 5.75 Å². The Morgan fingerprint density at radius 2 is 1.94 bits per heavy atom. The summed E-state index contributed by atoms with van der Waals surface area (Å²) >= 11 is 0. The second-order valence-electron chi connectivity index (χ2n) is 9.28. The zero-order valence-corrected chi connectivity index (χ0v) is 20.2. The molecule has 0 saturated heterocycles. The number of imidazole rings is 1. The quantitative estimate of drug-likeness (QED) is 0.377. The van der Waals surface area contributed by atoms with Crippen LogP contribution in [0.3, 0.4) is 0 Å². The lowest BCUT2D eigenvalue weighted by Gasteiger charge is -2.22. The first-order valence-corrected chi connectivity index (χ1v) is 11.9. The number of rotatable bonds is 6. The average Bonchev–Trinajstić information content (AvgIpc) is 3.48. The van der Waals surface area contributed by atoms with Crippen LogP contribution in [0.15, 0.2) is 48.7 Å². The third kappa shape index (κ3) is 4.40. The highest BCUT2D eigenvalue weighted by molar-refractivity contribution is 5.72. The molecule has 0 spiro atoms. The van der Waals surface area contributed by atoms with E-state index < -0.39 is 0 Å². The molecule has 0 saturated carbocycles. The molecule has 2 aromatic carbocycles. The molecule has 34 heavy (non-hydrogen) atoms. The van der Waals surface area contributed by atoms with Gasteiger partial charge in [-0.3, -0.25) is 0 Å². The van der Waals surface area contributed by atoms with Crippen LogP contribution in [0.4, 0.5) is 0 Å². The summed E-state index contributed by atoms with van der Waals surface area (Å²) in [5.41, 5.74) is 5.67. The highest BCUT2D eigenvalue weighted by atomic mass is 16.5. The van der Waals surface area contributed by atoms with Crippen LogP contribution in [-0.2, 0) is 6.54 Å². The molecule has 2 aromatic heterocycles. The summed E-state index contributed by atoms with van der Waals surface area (Å²) in [6.07, 6.45) is 8.05. The fraction of sp³-hybridized carbons (Fsp3) is 0.321. The van der Waals surface area contributed by atoms with Gasteiger partial charge >= 0.3 is 0 Å². The summed E-state index contributed by atoms with van der Waals surface area (Å²) < 4.78 is 7.70. The smallest absolute Gasteiger partial charge is 0.174 e. The molecule has 1 aliphatic rings. The summed E-state index contributed by atoms with van der Waals surface area (Å²) in [4.78, 5) is 12.6. The van der Waals surface area contributed by atoms with Crippen LogP contribution >= 0.6 is 0 Å². The number of hydrogen-bond acceptors (Lipinski definition) is 4. The number of benzene rings is 2. The summed E-state index contributed by atoms with van der Waals surface area (Å²) in [5, 5.41) is 4.77. The van der Waals surface area contributed by atoms with E-state index in [2.05, 4.69) is 58.8 Å². The maximum absolute atomic E-state index is 5.62. The van der Waals surface area contributed by atoms with E-state index in [1.54, 1.807) is 7.11 Å². The van der Waals surface area contributed by atoms with Gasteiger partial charge in [-0.05, 0) is 60.6 Å². The molecule has 1 aliphatic heterocycles. The second kappa shape index (κ2) is 9.29. The van der Waals surface area contributed by atoms with Gasteiger partial charge in [-0.25, -0.2) is 14.6 Å². The summed E-state index contributed by atoms with van der Waals surface area (Å²) in [5.74, 6) is 4.21. The van der Waals surface area contributed by atoms with E-state index in [1.807, 2.05) is 37.4 Å². The fourth-order valence-electron chi connectivity index (χ4n) is 4.60. The van der Waals surface area contributed by atoms with Gasteiger partial charge < -0.3 is 9.72 Å². The number of aromatic nitrogens is 5. The molecule has 6 nitrogen and oxygen atoms in total. The number of aromatic amines is 1. The number of aryl methyl sites for hydroxylation is 2. The predicted octanol–water partition coefficient (Wildman–Crippen LogP) is 6.20. The normalized spacial score (nSPS) is 15.7. The van der Waals surface area contributed by atoms with Crippen molar-refractivity contribution in [3.8, 4) is 17.1 Å². The van der Waals surface area contributed by atoms with E-state index >= 15 is 0 Å². The van der Waals surface area contributed by atoms with Crippen molar-refractivity contribution in [2.45, 2.75) is 52.0 Å². The Morgan fingerprint density at radius 1 is 1.12 bits per heavy atom. The lowest BCUT2D eigenvalue weighted by atomic mass is 9.89. The monoisotopic (exact) mass is 453 g/mol. The van der Waals surface area contributed by atoms with Crippen molar-refractivity contribution < 1.29 is 4.74 Å². The minimum Gasteiger partial charge on any atom is -0.496 e. The number of H-pyrrole nitrogens is 1. The molecule has 1 atom stereocenters. The maximum atomic E-state index is 5.62. The van der Waals surface area contributed by atoms with Crippen LogP contribution in [0, 0.1) is 6.92 Å². The number of nitrogens with zero attached hydrogens (tertiary/aromatic N) is 4. The lowest BCUT2D eigenvalue weighted by molar-refractivity contribution is 0.416. The summed E-state index contributed by atoms with van der Waals surface area (Å²) in [6, 6.07) is 15.1. The first kappa shape index (κ1) is 22.1. The Labute approximate surface area is 200 Å². The van der Waals surface area contributed by atoms with Gasteiger partial charge in [0.05, 0.1) is 12.7 Å². The van der Waals surface area contributed by atoms with Crippen LogP contribution < -0.4 is 4.74 Å². The van der Waals surface area contributed by atoms with Crippen LogP contribution in [0.2, 0.25) is 0 Å². The highest BCUT2D eigenvalue weighted by Gasteiger charge is 2.25.